The van der Waals surface area contributed by atoms with E-state index in [0.29, 0.717) is 11.6 Å². The quantitative estimate of drug-likeness (QED) is 0.579. The van der Waals surface area contributed by atoms with E-state index < -0.39 is 0 Å². The fourth-order valence-electron chi connectivity index (χ4n) is 3.63. The Hall–Kier alpha value is -3.30. The van der Waals surface area contributed by atoms with Crippen molar-refractivity contribution in [3.05, 3.63) is 30.6 Å². The lowest BCUT2D eigenvalue weighted by Crippen LogP contribution is -2.34. The predicted octanol–water partition coefficient (Wildman–Crippen LogP) is 1.24. The van der Waals surface area contributed by atoms with Gasteiger partial charge in [0.15, 0.2) is 22.9 Å². The maximum Gasteiger partial charge on any atom is 0.182 e. The van der Waals surface area contributed by atoms with E-state index in [1.54, 1.807) is 12.7 Å². The molecule has 1 aliphatic heterocycles. The van der Waals surface area contributed by atoms with Crippen LogP contribution in [0.25, 0.3) is 16.8 Å². The van der Waals surface area contributed by atoms with E-state index in [4.69, 9.17) is 5.10 Å². The lowest BCUT2D eigenvalue weighted by molar-refractivity contribution is 0.475. The Balaban J connectivity index is 1.40. The summed E-state index contributed by atoms with van der Waals surface area (Å²) in [5, 5.41) is 13.4. The summed E-state index contributed by atoms with van der Waals surface area (Å²) in [5.41, 5.74) is 2.38. The number of aromatic nitrogens is 8. The topological polar surface area (TPSA) is 104 Å². The number of nitrogens with zero attached hydrogens (tertiary/aromatic N) is 9. The highest BCUT2D eigenvalue weighted by molar-refractivity contribution is 5.82. The first kappa shape index (κ1) is 15.9. The Morgan fingerprint density at radius 3 is 2.74 bits per heavy atom. The lowest BCUT2D eigenvalue weighted by Gasteiger charge is -2.31. The molecule has 0 saturated carbocycles. The molecule has 1 N–H and O–H groups in total. The van der Waals surface area contributed by atoms with E-state index in [1.807, 2.05) is 35.6 Å². The van der Waals surface area contributed by atoms with Gasteiger partial charge in [-0.3, -0.25) is 0 Å². The second kappa shape index (κ2) is 6.15. The summed E-state index contributed by atoms with van der Waals surface area (Å²) in [4.78, 5) is 20.3. The van der Waals surface area contributed by atoms with Crippen LogP contribution in [0.1, 0.15) is 24.6 Å². The van der Waals surface area contributed by atoms with Gasteiger partial charge >= 0.3 is 0 Å². The lowest BCUT2D eigenvalue weighted by atomic mass is 9.96. The Bertz CT molecular complexity index is 1090. The second-order valence-electron chi connectivity index (χ2n) is 6.97. The van der Waals surface area contributed by atoms with Gasteiger partial charge in [-0.1, -0.05) is 0 Å². The zero-order chi connectivity index (χ0) is 18.4. The molecular weight excluding hydrogens is 344 g/mol. The van der Waals surface area contributed by atoms with Gasteiger partial charge in [0.1, 0.15) is 17.7 Å². The average molecular weight is 364 g/mol. The van der Waals surface area contributed by atoms with Crippen LogP contribution in [0.2, 0.25) is 0 Å². The molecule has 5 heterocycles. The first-order valence-electron chi connectivity index (χ1n) is 8.99. The third-order valence-corrected chi connectivity index (χ3v) is 5.09. The van der Waals surface area contributed by atoms with Gasteiger partial charge < -0.3 is 14.8 Å². The molecule has 0 bridgehead atoms. The number of fused-ring (bicyclic) bond motifs is 2. The highest BCUT2D eigenvalue weighted by Gasteiger charge is 2.27. The predicted molar refractivity (Wildman–Crippen MR) is 101 cm³/mol. The SMILES string of the molecule is CN(C)c1ccc2nnc(C3CCN(c4ncnc5nc[nH]c45)CC3)n2n1. The first-order chi connectivity index (χ1) is 13.2. The van der Waals surface area contributed by atoms with Crippen molar-refractivity contribution < 1.29 is 0 Å². The molecule has 0 aliphatic carbocycles. The monoisotopic (exact) mass is 364 g/mol. The van der Waals surface area contributed by atoms with Crippen molar-refractivity contribution in [1.29, 1.82) is 0 Å². The Kier molecular flexibility index (Phi) is 3.62. The normalized spacial score (nSPS) is 15.7. The molecule has 10 nitrogen and oxygen atoms in total. The molecule has 4 aromatic rings. The van der Waals surface area contributed by atoms with E-state index in [-0.39, 0.29) is 0 Å². The van der Waals surface area contributed by atoms with Gasteiger partial charge in [-0.15, -0.1) is 15.3 Å². The number of anilines is 2. The molecule has 0 atom stereocenters. The average Bonchev–Trinajstić information content (AvgIpc) is 3.34. The van der Waals surface area contributed by atoms with Crippen LogP contribution >= 0.6 is 0 Å². The molecule has 4 aromatic heterocycles. The number of imidazole rings is 1. The molecular formula is C17H20N10. The molecule has 0 radical (unpaired) electrons. The molecule has 10 heteroatoms. The van der Waals surface area contributed by atoms with Gasteiger partial charge in [-0.25, -0.2) is 15.0 Å². The Labute approximate surface area is 155 Å². The summed E-state index contributed by atoms with van der Waals surface area (Å²) in [6.07, 6.45) is 5.16. The maximum atomic E-state index is 4.69. The van der Waals surface area contributed by atoms with E-state index in [2.05, 4.69) is 35.0 Å². The summed E-state index contributed by atoms with van der Waals surface area (Å²) >= 11 is 0. The molecule has 0 aromatic carbocycles. The standard InChI is InChI=1S/C17H20N10/c1-25(2)13-4-3-12-22-23-16(27(12)24-13)11-5-7-26(8-6-11)17-14-15(19-9-18-14)20-10-21-17/h3-4,9-11H,5-8H2,1-2H3,(H,18,19,20,21). The minimum atomic E-state index is 0.320. The number of hydrogen-bond donors (Lipinski definition) is 1. The summed E-state index contributed by atoms with van der Waals surface area (Å²) in [7, 11) is 3.96. The number of piperidine rings is 1. The summed E-state index contributed by atoms with van der Waals surface area (Å²) < 4.78 is 1.88. The van der Waals surface area contributed by atoms with Crippen molar-refractivity contribution in [3.63, 3.8) is 0 Å². The van der Waals surface area contributed by atoms with Crippen LogP contribution in [0, 0.1) is 0 Å². The van der Waals surface area contributed by atoms with Crippen molar-refractivity contribution in [2.24, 2.45) is 0 Å². The van der Waals surface area contributed by atoms with E-state index in [9.17, 15) is 0 Å². The van der Waals surface area contributed by atoms with Gasteiger partial charge in [0.05, 0.1) is 6.33 Å². The summed E-state index contributed by atoms with van der Waals surface area (Å²) in [6.45, 7) is 1.77. The number of hydrogen-bond acceptors (Lipinski definition) is 8. The van der Waals surface area contributed by atoms with Crippen LogP contribution in [-0.2, 0) is 0 Å². The fraction of sp³-hybridized carbons (Fsp3) is 0.412. The van der Waals surface area contributed by atoms with Gasteiger partial charge in [0.25, 0.3) is 0 Å². The molecule has 0 unspecified atom stereocenters. The molecule has 1 aliphatic rings. The second-order valence-corrected chi connectivity index (χ2v) is 6.97. The van der Waals surface area contributed by atoms with Gasteiger partial charge in [-0.05, 0) is 25.0 Å². The number of nitrogens with one attached hydrogen (secondary N) is 1. The largest absolute Gasteiger partial charge is 0.361 e. The van der Waals surface area contributed by atoms with Crippen LogP contribution in [0.15, 0.2) is 24.8 Å². The number of rotatable bonds is 3. The zero-order valence-electron chi connectivity index (χ0n) is 15.2. The van der Waals surface area contributed by atoms with Gasteiger partial charge in [0, 0.05) is 33.1 Å². The Morgan fingerprint density at radius 1 is 1.07 bits per heavy atom. The molecule has 5 rings (SSSR count). The van der Waals surface area contributed by atoms with Crippen molar-refractivity contribution in [2.45, 2.75) is 18.8 Å². The minimum Gasteiger partial charge on any atom is -0.361 e. The van der Waals surface area contributed by atoms with E-state index in [0.717, 1.165) is 54.6 Å². The Morgan fingerprint density at radius 2 is 1.93 bits per heavy atom. The molecule has 1 saturated heterocycles. The van der Waals surface area contributed by atoms with Crippen LogP contribution in [0.3, 0.4) is 0 Å². The first-order valence-corrected chi connectivity index (χ1v) is 8.99. The zero-order valence-corrected chi connectivity index (χ0v) is 15.2. The number of H-pyrrole nitrogens is 1. The van der Waals surface area contributed by atoms with Gasteiger partial charge in [0.2, 0.25) is 0 Å². The molecule has 138 valence electrons. The van der Waals surface area contributed by atoms with Crippen molar-refractivity contribution in [2.75, 3.05) is 37.0 Å². The maximum absolute atomic E-state index is 4.69. The highest BCUT2D eigenvalue weighted by Crippen LogP contribution is 2.30. The summed E-state index contributed by atoms with van der Waals surface area (Å²) in [5.74, 6) is 3.06. The van der Waals surface area contributed by atoms with Crippen LogP contribution in [-0.4, -0.2) is 66.9 Å². The molecule has 1 fully saturated rings. The number of aromatic amines is 1. The third kappa shape index (κ3) is 2.64. The van der Waals surface area contributed by atoms with Crippen LogP contribution < -0.4 is 9.80 Å². The third-order valence-electron chi connectivity index (χ3n) is 5.09. The molecule has 0 spiro atoms. The van der Waals surface area contributed by atoms with E-state index in [1.165, 1.54) is 0 Å². The van der Waals surface area contributed by atoms with Crippen molar-refractivity contribution >= 4 is 28.4 Å². The summed E-state index contributed by atoms with van der Waals surface area (Å²) in [6, 6.07) is 3.92. The van der Waals surface area contributed by atoms with E-state index >= 15 is 0 Å². The van der Waals surface area contributed by atoms with Gasteiger partial charge in [-0.2, -0.15) is 4.52 Å². The van der Waals surface area contributed by atoms with Crippen molar-refractivity contribution in [1.82, 2.24) is 39.7 Å². The minimum absolute atomic E-state index is 0.320. The van der Waals surface area contributed by atoms with Crippen LogP contribution in [0.4, 0.5) is 11.6 Å². The fourth-order valence-corrected chi connectivity index (χ4v) is 3.63. The molecule has 0 amide bonds. The van der Waals surface area contributed by atoms with Crippen LogP contribution in [0.5, 0.6) is 0 Å². The van der Waals surface area contributed by atoms with Crippen molar-refractivity contribution in [3.8, 4) is 0 Å². The molecule has 27 heavy (non-hydrogen) atoms. The highest BCUT2D eigenvalue weighted by atomic mass is 15.4. The smallest absolute Gasteiger partial charge is 0.182 e.